The molecule has 6 heteroatoms. The van der Waals surface area contributed by atoms with Crippen molar-refractivity contribution in [2.24, 2.45) is 0 Å². The molecule has 0 amide bonds. The Hall–Kier alpha value is -1.30. The van der Waals surface area contributed by atoms with Gasteiger partial charge >= 0.3 is 6.18 Å². The monoisotopic (exact) mass is 237 g/mol. The van der Waals surface area contributed by atoms with Crippen LogP contribution in [0, 0.1) is 5.82 Å². The zero-order valence-corrected chi connectivity index (χ0v) is 8.57. The molecule has 16 heavy (non-hydrogen) atoms. The first kappa shape index (κ1) is 12.8. The zero-order chi connectivity index (χ0) is 12.2. The molecule has 0 aliphatic heterocycles. The molecule has 1 N–H and O–H groups in total. The smallest absolute Gasteiger partial charge is 0.401 e. The Morgan fingerprint density at radius 2 is 2.00 bits per heavy atom. The molecule has 2 nitrogen and oxygen atoms in total. The number of nitrogens with one attached hydrogen (secondary N) is 1. The number of ether oxygens (including phenoxy) is 1. The standard InChI is InChI=1S/C10H11F4NO/c1-16-9-3-2-7(4-8(9)11)5-15-6-10(12,13)14/h2-4,15H,5-6H2,1H3. The van der Waals surface area contributed by atoms with Crippen LogP contribution in [0.5, 0.6) is 5.75 Å². The summed E-state index contributed by atoms with van der Waals surface area (Å²) in [4.78, 5) is 0. The third-order valence-corrected chi connectivity index (χ3v) is 1.87. The first-order valence-electron chi connectivity index (χ1n) is 4.52. The van der Waals surface area contributed by atoms with Gasteiger partial charge in [-0.2, -0.15) is 13.2 Å². The molecular formula is C10H11F4NO. The number of hydrogen-bond donors (Lipinski definition) is 1. The zero-order valence-electron chi connectivity index (χ0n) is 8.57. The van der Waals surface area contributed by atoms with Crippen LogP contribution in [0.2, 0.25) is 0 Å². The highest BCUT2D eigenvalue weighted by molar-refractivity contribution is 5.29. The van der Waals surface area contributed by atoms with Gasteiger partial charge in [-0.3, -0.25) is 0 Å². The van der Waals surface area contributed by atoms with Crippen LogP contribution in [0.4, 0.5) is 17.6 Å². The van der Waals surface area contributed by atoms with Crippen molar-refractivity contribution in [1.29, 1.82) is 0 Å². The number of alkyl halides is 3. The lowest BCUT2D eigenvalue weighted by Crippen LogP contribution is -2.28. The van der Waals surface area contributed by atoms with E-state index in [0.29, 0.717) is 5.56 Å². The Labute approximate surface area is 90.2 Å². The second-order valence-corrected chi connectivity index (χ2v) is 3.19. The van der Waals surface area contributed by atoms with Crippen molar-refractivity contribution in [3.63, 3.8) is 0 Å². The quantitative estimate of drug-likeness (QED) is 0.812. The Bertz CT molecular complexity index is 351. The van der Waals surface area contributed by atoms with Gasteiger partial charge in [-0.25, -0.2) is 4.39 Å². The van der Waals surface area contributed by atoms with Gasteiger partial charge in [0.1, 0.15) is 0 Å². The van der Waals surface area contributed by atoms with Crippen LogP contribution in [-0.4, -0.2) is 19.8 Å². The van der Waals surface area contributed by atoms with Crippen molar-refractivity contribution in [1.82, 2.24) is 5.32 Å². The average Bonchev–Trinajstić information content (AvgIpc) is 2.16. The van der Waals surface area contributed by atoms with Gasteiger partial charge < -0.3 is 10.1 Å². The molecule has 0 saturated heterocycles. The Morgan fingerprint density at radius 3 is 2.50 bits per heavy atom. The maximum atomic E-state index is 13.1. The average molecular weight is 237 g/mol. The largest absolute Gasteiger partial charge is 0.494 e. The van der Waals surface area contributed by atoms with Crippen LogP contribution in [-0.2, 0) is 6.54 Å². The molecule has 0 bridgehead atoms. The molecular weight excluding hydrogens is 226 g/mol. The van der Waals surface area contributed by atoms with Crippen molar-refractivity contribution in [2.45, 2.75) is 12.7 Å². The summed E-state index contributed by atoms with van der Waals surface area (Å²) in [6.07, 6.45) is -4.26. The lowest BCUT2D eigenvalue weighted by Gasteiger charge is -2.09. The SMILES string of the molecule is COc1ccc(CNCC(F)(F)F)cc1F. The van der Waals surface area contributed by atoms with E-state index < -0.39 is 18.5 Å². The summed E-state index contributed by atoms with van der Waals surface area (Å²) in [6, 6.07) is 4.02. The molecule has 0 heterocycles. The minimum Gasteiger partial charge on any atom is -0.494 e. The third-order valence-electron chi connectivity index (χ3n) is 1.87. The van der Waals surface area contributed by atoms with E-state index >= 15 is 0 Å². The molecule has 0 aliphatic carbocycles. The number of hydrogen-bond acceptors (Lipinski definition) is 2. The van der Waals surface area contributed by atoms with Gasteiger partial charge in [-0.05, 0) is 17.7 Å². The van der Waals surface area contributed by atoms with Gasteiger partial charge in [0.15, 0.2) is 11.6 Å². The number of benzene rings is 1. The van der Waals surface area contributed by atoms with E-state index in [1.807, 2.05) is 0 Å². The predicted molar refractivity (Wildman–Crippen MR) is 50.7 cm³/mol. The molecule has 0 spiro atoms. The normalized spacial score (nSPS) is 11.6. The summed E-state index contributed by atoms with van der Waals surface area (Å²) in [5.41, 5.74) is 0.433. The molecule has 0 radical (unpaired) electrons. The maximum Gasteiger partial charge on any atom is 0.401 e. The van der Waals surface area contributed by atoms with Crippen molar-refractivity contribution in [3.05, 3.63) is 29.6 Å². The fourth-order valence-corrected chi connectivity index (χ4v) is 1.17. The summed E-state index contributed by atoms with van der Waals surface area (Å²) < 4.78 is 53.2. The van der Waals surface area contributed by atoms with E-state index in [2.05, 4.69) is 10.1 Å². The van der Waals surface area contributed by atoms with Gasteiger partial charge in [-0.1, -0.05) is 6.07 Å². The summed E-state index contributed by atoms with van der Waals surface area (Å²) in [7, 11) is 1.32. The van der Waals surface area contributed by atoms with Gasteiger partial charge in [0.2, 0.25) is 0 Å². The van der Waals surface area contributed by atoms with E-state index in [4.69, 9.17) is 0 Å². The van der Waals surface area contributed by atoms with Crippen LogP contribution < -0.4 is 10.1 Å². The molecule has 0 saturated carbocycles. The van der Waals surface area contributed by atoms with Crippen molar-refractivity contribution < 1.29 is 22.3 Å². The van der Waals surface area contributed by atoms with Crippen molar-refractivity contribution in [3.8, 4) is 5.75 Å². The minimum absolute atomic E-state index is 0.0412. The highest BCUT2D eigenvalue weighted by Gasteiger charge is 2.26. The van der Waals surface area contributed by atoms with E-state index in [-0.39, 0.29) is 12.3 Å². The summed E-state index contributed by atoms with van der Waals surface area (Å²) in [5.74, 6) is -0.520. The van der Waals surface area contributed by atoms with Gasteiger partial charge in [0.25, 0.3) is 0 Å². The topological polar surface area (TPSA) is 21.3 Å². The number of methoxy groups -OCH3 is 1. The molecule has 0 aromatic heterocycles. The van der Waals surface area contributed by atoms with Crippen LogP contribution in [0.25, 0.3) is 0 Å². The highest BCUT2D eigenvalue weighted by Crippen LogP contribution is 2.18. The second-order valence-electron chi connectivity index (χ2n) is 3.19. The molecule has 1 rings (SSSR count). The van der Waals surface area contributed by atoms with Crippen LogP contribution in [0.15, 0.2) is 18.2 Å². The van der Waals surface area contributed by atoms with Crippen LogP contribution in [0.3, 0.4) is 0 Å². The number of halogens is 4. The first-order chi connectivity index (χ1) is 7.42. The molecule has 0 atom stereocenters. The molecule has 1 aromatic carbocycles. The fourth-order valence-electron chi connectivity index (χ4n) is 1.17. The van der Waals surface area contributed by atoms with E-state index in [1.165, 1.54) is 19.2 Å². The highest BCUT2D eigenvalue weighted by atomic mass is 19.4. The molecule has 0 fully saturated rings. The van der Waals surface area contributed by atoms with E-state index in [1.54, 1.807) is 0 Å². The summed E-state index contributed by atoms with van der Waals surface area (Å²) in [6.45, 7) is -1.14. The van der Waals surface area contributed by atoms with E-state index in [0.717, 1.165) is 6.07 Å². The molecule has 0 unspecified atom stereocenters. The van der Waals surface area contributed by atoms with Gasteiger partial charge in [-0.15, -0.1) is 0 Å². The second kappa shape index (κ2) is 5.16. The third kappa shape index (κ3) is 4.06. The van der Waals surface area contributed by atoms with Gasteiger partial charge in [0.05, 0.1) is 13.7 Å². The van der Waals surface area contributed by atoms with Gasteiger partial charge in [0, 0.05) is 6.54 Å². The Morgan fingerprint density at radius 1 is 1.31 bits per heavy atom. The Kier molecular flexibility index (Phi) is 4.12. The lowest BCUT2D eigenvalue weighted by atomic mass is 10.2. The lowest BCUT2D eigenvalue weighted by molar-refractivity contribution is -0.125. The van der Waals surface area contributed by atoms with E-state index in [9.17, 15) is 17.6 Å². The van der Waals surface area contributed by atoms with Crippen LogP contribution in [0.1, 0.15) is 5.56 Å². The fraction of sp³-hybridized carbons (Fsp3) is 0.400. The number of rotatable bonds is 4. The van der Waals surface area contributed by atoms with Crippen LogP contribution >= 0.6 is 0 Å². The van der Waals surface area contributed by atoms with Crippen molar-refractivity contribution >= 4 is 0 Å². The minimum atomic E-state index is -4.26. The Balaban J connectivity index is 2.52. The first-order valence-corrected chi connectivity index (χ1v) is 4.52. The maximum absolute atomic E-state index is 13.1. The molecule has 0 aliphatic rings. The molecule has 90 valence electrons. The summed E-state index contributed by atoms with van der Waals surface area (Å²) >= 11 is 0. The predicted octanol–water partition coefficient (Wildman–Crippen LogP) is 2.49. The molecule has 1 aromatic rings. The van der Waals surface area contributed by atoms with Crippen molar-refractivity contribution in [2.75, 3.05) is 13.7 Å². The summed E-state index contributed by atoms with van der Waals surface area (Å²) in [5, 5.41) is 2.17.